The zero-order valence-electron chi connectivity index (χ0n) is 10.9. The number of hydrogen-bond acceptors (Lipinski definition) is 4. The van der Waals surface area contributed by atoms with Gasteiger partial charge in [-0.05, 0) is 11.4 Å². The van der Waals surface area contributed by atoms with Gasteiger partial charge in [0.15, 0.2) is 0 Å². The Kier molecular flexibility index (Phi) is 5.31. The van der Waals surface area contributed by atoms with Gasteiger partial charge in [-0.15, -0.1) is 11.3 Å². The van der Waals surface area contributed by atoms with Gasteiger partial charge in [0, 0.05) is 37.8 Å². The Balaban J connectivity index is 1.57. The third kappa shape index (κ3) is 4.51. The summed E-state index contributed by atoms with van der Waals surface area (Å²) in [5.74, 6) is -0.207. The summed E-state index contributed by atoms with van der Waals surface area (Å²) in [4.78, 5) is 30.7. The second-order valence-electron chi connectivity index (χ2n) is 4.16. The summed E-state index contributed by atoms with van der Waals surface area (Å²) < 4.78 is 0. The third-order valence-corrected chi connectivity index (χ3v) is 3.52. The normalized spacial score (nSPS) is 10.2. The van der Waals surface area contributed by atoms with E-state index in [9.17, 15) is 9.59 Å². The molecule has 0 atom stereocenters. The molecule has 106 valence electrons. The Morgan fingerprint density at radius 1 is 1.30 bits per heavy atom. The fourth-order valence-electron chi connectivity index (χ4n) is 1.63. The Bertz CT molecular complexity index is 537. The smallest absolute Gasteiger partial charge is 0.261 e. The molecule has 0 saturated carbocycles. The number of hydrogen-bond donors (Lipinski definition) is 3. The minimum atomic E-state index is -0.134. The highest BCUT2D eigenvalue weighted by atomic mass is 32.1. The highest BCUT2D eigenvalue weighted by Gasteiger charge is 2.07. The van der Waals surface area contributed by atoms with Gasteiger partial charge < -0.3 is 15.6 Å². The number of thiophene rings is 1. The number of aromatic amines is 1. The second-order valence-corrected chi connectivity index (χ2v) is 5.11. The Morgan fingerprint density at radius 3 is 2.90 bits per heavy atom. The molecule has 0 aliphatic carbocycles. The average Bonchev–Trinajstić information content (AvgIpc) is 3.12. The molecule has 0 aliphatic heterocycles. The van der Waals surface area contributed by atoms with E-state index in [0.717, 1.165) is 5.69 Å². The van der Waals surface area contributed by atoms with E-state index in [-0.39, 0.29) is 18.2 Å². The average molecular weight is 292 g/mol. The molecule has 0 bridgehead atoms. The lowest BCUT2D eigenvalue weighted by atomic mass is 10.3. The molecule has 2 amide bonds. The van der Waals surface area contributed by atoms with Crippen LogP contribution < -0.4 is 10.6 Å². The van der Waals surface area contributed by atoms with Gasteiger partial charge in [0.1, 0.15) is 0 Å². The molecular weight excluding hydrogens is 276 g/mol. The largest absolute Gasteiger partial charge is 0.356 e. The fourth-order valence-corrected chi connectivity index (χ4v) is 2.27. The van der Waals surface area contributed by atoms with Crippen LogP contribution in [0.25, 0.3) is 0 Å². The van der Waals surface area contributed by atoms with Crippen molar-refractivity contribution in [1.29, 1.82) is 0 Å². The van der Waals surface area contributed by atoms with E-state index in [1.54, 1.807) is 18.6 Å². The molecule has 3 N–H and O–H groups in total. The molecule has 0 radical (unpaired) electrons. The molecule has 2 aromatic heterocycles. The SMILES string of the molecule is O=C(CCNC(=O)c1cccs1)NCCc1cnc[nH]1. The van der Waals surface area contributed by atoms with Crippen LogP contribution in [-0.4, -0.2) is 34.9 Å². The predicted molar refractivity (Wildman–Crippen MR) is 76.6 cm³/mol. The minimum absolute atomic E-state index is 0.0732. The Hall–Kier alpha value is -2.15. The molecule has 0 saturated heterocycles. The molecule has 0 aliphatic rings. The first-order chi connectivity index (χ1) is 9.75. The first-order valence-corrected chi connectivity index (χ1v) is 7.19. The lowest BCUT2D eigenvalue weighted by Gasteiger charge is -2.05. The van der Waals surface area contributed by atoms with Crippen LogP contribution in [0.3, 0.4) is 0 Å². The number of nitrogens with one attached hydrogen (secondary N) is 3. The van der Waals surface area contributed by atoms with Crippen LogP contribution in [0.15, 0.2) is 30.0 Å². The predicted octanol–water partition coefficient (Wildman–Crippen LogP) is 0.950. The van der Waals surface area contributed by atoms with E-state index < -0.39 is 0 Å². The van der Waals surface area contributed by atoms with Crippen molar-refractivity contribution < 1.29 is 9.59 Å². The van der Waals surface area contributed by atoms with E-state index in [2.05, 4.69) is 20.6 Å². The number of imidazole rings is 1. The van der Waals surface area contributed by atoms with Crippen molar-refractivity contribution in [2.75, 3.05) is 13.1 Å². The maximum atomic E-state index is 11.6. The van der Waals surface area contributed by atoms with Gasteiger partial charge in [0.05, 0.1) is 11.2 Å². The van der Waals surface area contributed by atoms with Gasteiger partial charge in [-0.25, -0.2) is 4.98 Å². The highest BCUT2D eigenvalue weighted by Crippen LogP contribution is 2.07. The summed E-state index contributed by atoms with van der Waals surface area (Å²) in [6.45, 7) is 0.895. The molecule has 2 heterocycles. The van der Waals surface area contributed by atoms with Gasteiger partial charge >= 0.3 is 0 Å². The summed E-state index contributed by atoms with van der Waals surface area (Å²) in [7, 11) is 0. The van der Waals surface area contributed by atoms with Gasteiger partial charge in [-0.2, -0.15) is 0 Å². The number of nitrogens with zero attached hydrogens (tertiary/aromatic N) is 1. The van der Waals surface area contributed by atoms with Gasteiger partial charge in [0.25, 0.3) is 5.91 Å². The van der Waals surface area contributed by atoms with Crippen LogP contribution >= 0.6 is 11.3 Å². The van der Waals surface area contributed by atoms with Crippen LogP contribution in [0.2, 0.25) is 0 Å². The van der Waals surface area contributed by atoms with Crippen LogP contribution in [0.5, 0.6) is 0 Å². The van der Waals surface area contributed by atoms with Crippen molar-refractivity contribution >= 4 is 23.2 Å². The van der Waals surface area contributed by atoms with Crippen molar-refractivity contribution in [3.05, 3.63) is 40.6 Å². The standard InChI is InChI=1S/C13H16N4O2S/c18-12(15-5-3-10-8-14-9-17-10)4-6-16-13(19)11-2-1-7-20-11/h1-2,7-9H,3-6H2,(H,14,17)(H,15,18)(H,16,19). The Morgan fingerprint density at radius 2 is 2.20 bits per heavy atom. The molecule has 2 aromatic rings. The molecule has 7 heteroatoms. The monoisotopic (exact) mass is 292 g/mol. The molecule has 0 fully saturated rings. The molecule has 6 nitrogen and oxygen atoms in total. The van der Waals surface area contributed by atoms with Crippen molar-refractivity contribution in [3.8, 4) is 0 Å². The number of aromatic nitrogens is 2. The summed E-state index contributed by atoms with van der Waals surface area (Å²) in [5.41, 5.74) is 0.983. The van der Waals surface area contributed by atoms with E-state index >= 15 is 0 Å². The zero-order chi connectivity index (χ0) is 14.2. The summed E-state index contributed by atoms with van der Waals surface area (Å²) in [6, 6.07) is 3.58. The zero-order valence-corrected chi connectivity index (χ0v) is 11.7. The van der Waals surface area contributed by atoms with Gasteiger partial charge in [-0.3, -0.25) is 9.59 Å². The topological polar surface area (TPSA) is 86.9 Å². The number of H-pyrrole nitrogens is 1. The Labute approximate surface area is 120 Å². The lowest BCUT2D eigenvalue weighted by Crippen LogP contribution is -2.31. The first kappa shape index (κ1) is 14.3. The van der Waals surface area contributed by atoms with Crippen molar-refractivity contribution in [1.82, 2.24) is 20.6 Å². The van der Waals surface area contributed by atoms with Gasteiger partial charge in [-0.1, -0.05) is 6.07 Å². The van der Waals surface area contributed by atoms with Crippen LogP contribution in [0, 0.1) is 0 Å². The van der Waals surface area contributed by atoms with E-state index in [4.69, 9.17) is 0 Å². The van der Waals surface area contributed by atoms with Crippen LogP contribution in [-0.2, 0) is 11.2 Å². The lowest BCUT2D eigenvalue weighted by molar-refractivity contribution is -0.120. The molecular formula is C13H16N4O2S. The second kappa shape index (κ2) is 7.44. The molecule has 2 rings (SSSR count). The maximum absolute atomic E-state index is 11.6. The quantitative estimate of drug-likeness (QED) is 0.710. The molecule has 0 unspecified atom stereocenters. The number of carbonyl (C=O) groups is 2. The number of carbonyl (C=O) groups excluding carboxylic acids is 2. The van der Waals surface area contributed by atoms with Crippen LogP contribution in [0.4, 0.5) is 0 Å². The maximum Gasteiger partial charge on any atom is 0.261 e. The van der Waals surface area contributed by atoms with E-state index in [1.807, 2.05) is 11.4 Å². The van der Waals surface area contributed by atoms with Crippen molar-refractivity contribution in [3.63, 3.8) is 0 Å². The summed E-state index contributed by atoms with van der Waals surface area (Å²) in [5, 5.41) is 7.35. The minimum Gasteiger partial charge on any atom is -0.356 e. The van der Waals surface area contributed by atoms with Crippen molar-refractivity contribution in [2.24, 2.45) is 0 Å². The summed E-state index contributed by atoms with van der Waals surface area (Å²) in [6.07, 6.45) is 4.33. The molecule has 0 aromatic carbocycles. The summed E-state index contributed by atoms with van der Waals surface area (Å²) >= 11 is 1.38. The first-order valence-electron chi connectivity index (χ1n) is 6.31. The molecule has 20 heavy (non-hydrogen) atoms. The van der Waals surface area contributed by atoms with Crippen LogP contribution in [0.1, 0.15) is 21.8 Å². The highest BCUT2D eigenvalue weighted by molar-refractivity contribution is 7.12. The van der Waals surface area contributed by atoms with Gasteiger partial charge in [0.2, 0.25) is 5.91 Å². The number of rotatable bonds is 7. The number of amides is 2. The van der Waals surface area contributed by atoms with Crippen molar-refractivity contribution in [2.45, 2.75) is 12.8 Å². The van der Waals surface area contributed by atoms with E-state index in [0.29, 0.717) is 24.4 Å². The molecule has 0 spiro atoms. The fraction of sp³-hybridized carbons (Fsp3) is 0.308. The van der Waals surface area contributed by atoms with E-state index in [1.165, 1.54) is 11.3 Å². The third-order valence-electron chi connectivity index (χ3n) is 2.65.